The summed E-state index contributed by atoms with van der Waals surface area (Å²) in [6.45, 7) is 6.33. The lowest BCUT2D eigenvalue weighted by Crippen LogP contribution is -2.30. The van der Waals surface area contributed by atoms with Gasteiger partial charge in [0.05, 0.1) is 5.54 Å². The van der Waals surface area contributed by atoms with Crippen LogP contribution in [0.1, 0.15) is 44.7 Å². The standard InChI is InChI=1S/C23H25NO2/c1-4-13-23(3,20-8-6-5-7-9-20)24-14-12-19-16-18(10-11-21(19)24)17(2)15-22(25)26/h5-12,14-16H,4,13H2,1-3H3,(H,25,26). The van der Waals surface area contributed by atoms with Crippen molar-refractivity contribution in [3.05, 3.63) is 78.0 Å². The van der Waals surface area contributed by atoms with E-state index in [4.69, 9.17) is 5.11 Å². The van der Waals surface area contributed by atoms with Crippen LogP contribution in [-0.4, -0.2) is 15.6 Å². The zero-order chi connectivity index (χ0) is 18.7. The third kappa shape index (κ3) is 3.30. The summed E-state index contributed by atoms with van der Waals surface area (Å²) in [5.74, 6) is -0.917. The summed E-state index contributed by atoms with van der Waals surface area (Å²) in [5, 5.41) is 10.1. The minimum Gasteiger partial charge on any atom is -0.478 e. The van der Waals surface area contributed by atoms with Gasteiger partial charge in [0.2, 0.25) is 0 Å². The highest BCUT2D eigenvalue weighted by atomic mass is 16.4. The molecule has 1 N–H and O–H groups in total. The first-order chi connectivity index (χ1) is 12.5. The second kappa shape index (κ2) is 7.20. The summed E-state index contributed by atoms with van der Waals surface area (Å²) in [6, 6.07) is 18.9. The molecule has 3 nitrogen and oxygen atoms in total. The Kier molecular flexibility index (Phi) is 4.99. The lowest BCUT2D eigenvalue weighted by atomic mass is 9.87. The SMILES string of the molecule is CCCC(C)(c1ccccc1)n1ccc2cc(C(C)=CC(=O)O)ccc21. The first kappa shape index (κ1) is 18.0. The predicted molar refractivity (Wildman–Crippen MR) is 107 cm³/mol. The van der Waals surface area contributed by atoms with Gasteiger partial charge < -0.3 is 9.67 Å². The fourth-order valence-electron chi connectivity index (χ4n) is 3.77. The van der Waals surface area contributed by atoms with Crippen LogP contribution in [-0.2, 0) is 10.3 Å². The maximum absolute atomic E-state index is 10.9. The molecule has 2 aromatic carbocycles. The second-order valence-corrected chi connectivity index (χ2v) is 7.01. The van der Waals surface area contributed by atoms with Gasteiger partial charge in [-0.3, -0.25) is 0 Å². The number of carbonyl (C=O) groups is 1. The molecule has 0 aliphatic rings. The Balaban J connectivity index is 2.11. The van der Waals surface area contributed by atoms with Gasteiger partial charge in [-0.2, -0.15) is 0 Å². The highest BCUT2D eigenvalue weighted by molar-refractivity contribution is 5.92. The highest BCUT2D eigenvalue weighted by Gasteiger charge is 2.28. The van der Waals surface area contributed by atoms with Crippen molar-refractivity contribution in [2.24, 2.45) is 0 Å². The van der Waals surface area contributed by atoms with Gasteiger partial charge in [0.25, 0.3) is 0 Å². The van der Waals surface area contributed by atoms with Crippen LogP contribution < -0.4 is 0 Å². The molecule has 0 saturated carbocycles. The Bertz CT molecular complexity index is 953. The maximum atomic E-state index is 10.9. The molecule has 0 saturated heterocycles. The van der Waals surface area contributed by atoms with Crippen molar-refractivity contribution >= 4 is 22.4 Å². The molecule has 1 atom stereocenters. The van der Waals surface area contributed by atoms with E-state index in [0.717, 1.165) is 34.9 Å². The first-order valence-electron chi connectivity index (χ1n) is 9.04. The number of fused-ring (bicyclic) bond motifs is 1. The normalized spacial score (nSPS) is 14.3. The minimum atomic E-state index is -0.917. The summed E-state index contributed by atoms with van der Waals surface area (Å²) >= 11 is 0. The lowest BCUT2D eigenvalue weighted by Gasteiger charge is -2.33. The number of allylic oxidation sites excluding steroid dienone is 1. The molecule has 26 heavy (non-hydrogen) atoms. The van der Waals surface area contributed by atoms with Gasteiger partial charge >= 0.3 is 5.97 Å². The van der Waals surface area contributed by atoms with E-state index in [9.17, 15) is 4.79 Å². The Morgan fingerprint density at radius 3 is 2.54 bits per heavy atom. The minimum absolute atomic E-state index is 0.120. The van der Waals surface area contributed by atoms with Crippen molar-refractivity contribution in [1.82, 2.24) is 4.57 Å². The molecule has 0 aliphatic heterocycles. The maximum Gasteiger partial charge on any atom is 0.328 e. The monoisotopic (exact) mass is 347 g/mol. The van der Waals surface area contributed by atoms with Crippen molar-refractivity contribution < 1.29 is 9.90 Å². The molecular formula is C23H25NO2. The molecular weight excluding hydrogens is 322 g/mol. The average Bonchev–Trinajstić information content (AvgIpc) is 3.05. The van der Waals surface area contributed by atoms with E-state index in [1.54, 1.807) is 0 Å². The average molecular weight is 347 g/mol. The van der Waals surface area contributed by atoms with Crippen LogP contribution in [0.2, 0.25) is 0 Å². The van der Waals surface area contributed by atoms with Crippen LogP contribution >= 0.6 is 0 Å². The first-order valence-corrected chi connectivity index (χ1v) is 9.04. The molecule has 3 rings (SSSR count). The van der Waals surface area contributed by atoms with Crippen LogP contribution in [0.5, 0.6) is 0 Å². The Hall–Kier alpha value is -2.81. The van der Waals surface area contributed by atoms with Crippen molar-refractivity contribution in [1.29, 1.82) is 0 Å². The molecule has 0 amide bonds. The van der Waals surface area contributed by atoms with Crippen molar-refractivity contribution in [3.63, 3.8) is 0 Å². The number of rotatable bonds is 6. The van der Waals surface area contributed by atoms with Crippen molar-refractivity contribution in [2.45, 2.75) is 39.2 Å². The van der Waals surface area contributed by atoms with Crippen molar-refractivity contribution in [2.75, 3.05) is 0 Å². The Labute approximate surface area is 154 Å². The van der Waals surface area contributed by atoms with Crippen LogP contribution in [0, 0.1) is 0 Å². The zero-order valence-corrected chi connectivity index (χ0v) is 15.6. The number of carboxylic acids is 1. The second-order valence-electron chi connectivity index (χ2n) is 7.01. The van der Waals surface area contributed by atoms with E-state index < -0.39 is 5.97 Å². The van der Waals surface area contributed by atoms with Gasteiger partial charge in [-0.1, -0.05) is 49.7 Å². The molecule has 3 aromatic rings. The van der Waals surface area contributed by atoms with E-state index in [1.165, 1.54) is 11.6 Å². The van der Waals surface area contributed by atoms with E-state index in [1.807, 2.05) is 19.1 Å². The van der Waals surface area contributed by atoms with E-state index in [2.05, 4.69) is 67.1 Å². The van der Waals surface area contributed by atoms with Crippen LogP contribution in [0.4, 0.5) is 0 Å². The number of benzene rings is 2. The molecule has 1 aromatic heterocycles. The van der Waals surface area contributed by atoms with Gasteiger partial charge in [0.1, 0.15) is 0 Å². The quantitative estimate of drug-likeness (QED) is 0.582. The summed E-state index contributed by atoms with van der Waals surface area (Å²) < 4.78 is 2.35. The fraction of sp³-hybridized carbons (Fsp3) is 0.261. The third-order valence-corrected chi connectivity index (χ3v) is 5.15. The molecule has 0 radical (unpaired) electrons. The number of aliphatic carboxylic acids is 1. The smallest absolute Gasteiger partial charge is 0.328 e. The van der Waals surface area contributed by atoms with E-state index >= 15 is 0 Å². The van der Waals surface area contributed by atoms with Gasteiger partial charge in [0, 0.05) is 23.2 Å². The molecule has 1 unspecified atom stereocenters. The molecule has 0 bridgehead atoms. The number of carboxylic acid groups (broad SMARTS) is 1. The molecule has 0 spiro atoms. The molecule has 1 heterocycles. The fourth-order valence-corrected chi connectivity index (χ4v) is 3.77. The summed E-state index contributed by atoms with van der Waals surface area (Å²) in [7, 11) is 0. The number of hydrogen-bond acceptors (Lipinski definition) is 1. The number of hydrogen-bond donors (Lipinski definition) is 1. The summed E-state index contributed by atoms with van der Waals surface area (Å²) in [4.78, 5) is 10.9. The van der Waals surface area contributed by atoms with Crippen LogP contribution in [0.25, 0.3) is 16.5 Å². The van der Waals surface area contributed by atoms with Gasteiger partial charge in [-0.25, -0.2) is 4.79 Å². The molecule has 0 fully saturated rings. The Morgan fingerprint density at radius 1 is 1.15 bits per heavy atom. The summed E-state index contributed by atoms with van der Waals surface area (Å²) in [6.07, 6.45) is 5.53. The number of aromatic nitrogens is 1. The van der Waals surface area contributed by atoms with Gasteiger partial charge in [-0.05, 0) is 55.2 Å². The van der Waals surface area contributed by atoms with Crippen LogP contribution in [0.15, 0.2) is 66.9 Å². The van der Waals surface area contributed by atoms with Crippen molar-refractivity contribution in [3.8, 4) is 0 Å². The molecule has 134 valence electrons. The van der Waals surface area contributed by atoms with Gasteiger partial charge in [0.15, 0.2) is 0 Å². The highest BCUT2D eigenvalue weighted by Crippen LogP contribution is 2.35. The van der Waals surface area contributed by atoms with E-state index in [-0.39, 0.29) is 5.54 Å². The third-order valence-electron chi connectivity index (χ3n) is 5.15. The Morgan fingerprint density at radius 2 is 1.88 bits per heavy atom. The lowest BCUT2D eigenvalue weighted by molar-refractivity contribution is -0.131. The zero-order valence-electron chi connectivity index (χ0n) is 15.6. The molecule has 0 aliphatic carbocycles. The summed E-state index contributed by atoms with van der Waals surface area (Å²) in [5.41, 5.74) is 4.04. The molecule has 3 heteroatoms. The van der Waals surface area contributed by atoms with Crippen LogP contribution in [0.3, 0.4) is 0 Å². The van der Waals surface area contributed by atoms with Gasteiger partial charge in [-0.15, -0.1) is 0 Å². The largest absolute Gasteiger partial charge is 0.478 e. The topological polar surface area (TPSA) is 42.2 Å². The van der Waals surface area contributed by atoms with E-state index in [0.29, 0.717) is 0 Å². The predicted octanol–water partition coefficient (Wildman–Crippen LogP) is 5.69. The number of nitrogens with zero attached hydrogens (tertiary/aromatic N) is 1.